The van der Waals surface area contributed by atoms with Crippen LogP contribution in [0.4, 0.5) is 5.69 Å². The largest absolute Gasteiger partial charge is 0.459 e. The van der Waals surface area contributed by atoms with Crippen molar-refractivity contribution in [2.75, 3.05) is 18.4 Å². The third-order valence-corrected chi connectivity index (χ3v) is 4.39. The molecule has 1 aliphatic heterocycles. The molecule has 2 heterocycles. The van der Waals surface area contributed by atoms with Crippen molar-refractivity contribution in [2.24, 2.45) is 5.92 Å². The van der Waals surface area contributed by atoms with Gasteiger partial charge in [-0.25, -0.2) is 0 Å². The molecule has 1 aliphatic rings. The molecule has 0 atom stereocenters. The van der Waals surface area contributed by atoms with Gasteiger partial charge in [-0.05, 0) is 42.7 Å². The molecule has 2 aromatic rings. The maximum atomic E-state index is 12.4. The predicted octanol–water partition coefficient (Wildman–Crippen LogP) is 2.84. The Morgan fingerprint density at radius 3 is 2.52 bits per heavy atom. The van der Waals surface area contributed by atoms with Crippen LogP contribution < -0.4 is 5.32 Å². The number of nitrogens with zero attached hydrogens (tertiary/aromatic N) is 2. The molecule has 2 amide bonds. The summed E-state index contributed by atoms with van der Waals surface area (Å²) < 4.78 is 5.14. The number of amides is 2. The first-order valence-corrected chi connectivity index (χ1v) is 8.27. The predicted molar refractivity (Wildman–Crippen MR) is 91.7 cm³/mol. The highest BCUT2D eigenvalue weighted by Gasteiger charge is 2.28. The van der Waals surface area contributed by atoms with Crippen molar-refractivity contribution in [2.45, 2.75) is 19.3 Å². The van der Waals surface area contributed by atoms with Crippen LogP contribution in [0.2, 0.25) is 0 Å². The van der Waals surface area contributed by atoms with Crippen LogP contribution in [0.3, 0.4) is 0 Å². The van der Waals surface area contributed by atoms with Gasteiger partial charge in [0.25, 0.3) is 5.91 Å². The molecule has 1 saturated heterocycles. The molecule has 0 radical (unpaired) electrons. The maximum absolute atomic E-state index is 12.4. The molecule has 0 unspecified atom stereocenters. The van der Waals surface area contributed by atoms with E-state index in [2.05, 4.69) is 11.4 Å². The van der Waals surface area contributed by atoms with E-state index in [1.54, 1.807) is 29.2 Å². The standard InChI is InChI=1S/C19H19N3O3/c20-10-7-14-3-5-16(6-4-14)21-18(23)15-8-11-22(12-9-15)19(24)17-2-1-13-25-17/h1-6,13,15H,7-9,11-12H2,(H,21,23). The summed E-state index contributed by atoms with van der Waals surface area (Å²) in [4.78, 5) is 26.3. The summed E-state index contributed by atoms with van der Waals surface area (Å²) in [6.07, 6.45) is 3.10. The van der Waals surface area contributed by atoms with E-state index in [1.807, 2.05) is 12.1 Å². The minimum Gasteiger partial charge on any atom is -0.459 e. The summed E-state index contributed by atoms with van der Waals surface area (Å²) in [5.41, 5.74) is 1.64. The number of likely N-dealkylation sites (tertiary alicyclic amines) is 1. The number of anilines is 1. The van der Waals surface area contributed by atoms with Crippen LogP contribution in [0, 0.1) is 17.2 Å². The summed E-state index contributed by atoms with van der Waals surface area (Å²) in [6.45, 7) is 1.08. The molecule has 0 bridgehead atoms. The van der Waals surface area contributed by atoms with Crippen LogP contribution in [-0.2, 0) is 11.2 Å². The van der Waals surface area contributed by atoms with Crippen LogP contribution >= 0.6 is 0 Å². The molecule has 128 valence electrons. The number of nitrogens with one attached hydrogen (secondary N) is 1. The molecule has 0 saturated carbocycles. The number of carbonyl (C=O) groups is 2. The minimum absolute atomic E-state index is 0.0295. The highest BCUT2D eigenvalue weighted by molar-refractivity contribution is 5.94. The molecule has 1 N–H and O–H groups in total. The average molecular weight is 337 g/mol. The van der Waals surface area contributed by atoms with Crippen LogP contribution in [0.1, 0.15) is 29.0 Å². The van der Waals surface area contributed by atoms with Crippen LogP contribution in [0.5, 0.6) is 0 Å². The fourth-order valence-electron chi connectivity index (χ4n) is 2.94. The van der Waals surface area contributed by atoms with Gasteiger partial charge in [0, 0.05) is 24.7 Å². The van der Waals surface area contributed by atoms with Gasteiger partial charge < -0.3 is 14.6 Å². The lowest BCUT2D eigenvalue weighted by Crippen LogP contribution is -2.41. The van der Waals surface area contributed by atoms with E-state index in [4.69, 9.17) is 9.68 Å². The summed E-state index contributed by atoms with van der Waals surface area (Å²) in [6, 6.07) is 12.7. The highest BCUT2D eigenvalue weighted by Crippen LogP contribution is 2.21. The van der Waals surface area contributed by atoms with Gasteiger partial charge in [-0.2, -0.15) is 5.26 Å². The molecular weight excluding hydrogens is 318 g/mol. The number of furan rings is 1. The van der Waals surface area contributed by atoms with Gasteiger partial charge in [-0.1, -0.05) is 12.1 Å². The molecule has 6 nitrogen and oxygen atoms in total. The lowest BCUT2D eigenvalue weighted by Gasteiger charge is -2.30. The number of hydrogen-bond acceptors (Lipinski definition) is 4. The monoisotopic (exact) mass is 337 g/mol. The average Bonchev–Trinajstić information content (AvgIpc) is 3.18. The van der Waals surface area contributed by atoms with Crippen LogP contribution in [-0.4, -0.2) is 29.8 Å². The molecule has 0 spiro atoms. The lowest BCUT2D eigenvalue weighted by molar-refractivity contribution is -0.121. The Balaban J connectivity index is 1.51. The first kappa shape index (κ1) is 16.8. The number of hydrogen-bond donors (Lipinski definition) is 1. The number of carbonyl (C=O) groups excluding carboxylic acids is 2. The van der Waals surface area contributed by atoms with Crippen molar-refractivity contribution >= 4 is 17.5 Å². The Morgan fingerprint density at radius 2 is 1.92 bits per heavy atom. The summed E-state index contributed by atoms with van der Waals surface area (Å²) in [5, 5.41) is 11.6. The van der Waals surface area contributed by atoms with Gasteiger partial charge in [0.15, 0.2) is 5.76 Å². The fraction of sp³-hybridized carbons (Fsp3) is 0.316. The topological polar surface area (TPSA) is 86.3 Å². The normalized spacial score (nSPS) is 14.8. The molecule has 1 aromatic heterocycles. The van der Waals surface area contributed by atoms with E-state index in [0.717, 1.165) is 11.3 Å². The molecular formula is C19H19N3O3. The maximum Gasteiger partial charge on any atom is 0.289 e. The van der Waals surface area contributed by atoms with E-state index in [-0.39, 0.29) is 17.7 Å². The highest BCUT2D eigenvalue weighted by atomic mass is 16.3. The van der Waals surface area contributed by atoms with Crippen LogP contribution in [0.25, 0.3) is 0 Å². The Kier molecular flexibility index (Phi) is 5.14. The van der Waals surface area contributed by atoms with E-state index < -0.39 is 0 Å². The molecule has 3 rings (SSSR count). The lowest BCUT2D eigenvalue weighted by atomic mass is 9.95. The second-order valence-corrected chi connectivity index (χ2v) is 6.06. The summed E-state index contributed by atoms with van der Waals surface area (Å²) in [5.74, 6) is 0.0647. The van der Waals surface area contributed by atoms with Crippen molar-refractivity contribution < 1.29 is 14.0 Å². The van der Waals surface area contributed by atoms with Gasteiger partial charge in [0.1, 0.15) is 0 Å². The van der Waals surface area contributed by atoms with Crippen LogP contribution in [0.15, 0.2) is 47.1 Å². The summed E-state index contributed by atoms with van der Waals surface area (Å²) in [7, 11) is 0. The third kappa shape index (κ3) is 4.07. The second kappa shape index (κ2) is 7.67. The zero-order chi connectivity index (χ0) is 17.6. The van der Waals surface area contributed by atoms with Crippen molar-refractivity contribution in [3.05, 3.63) is 54.0 Å². The number of benzene rings is 1. The SMILES string of the molecule is N#CCc1ccc(NC(=O)C2CCN(C(=O)c3ccco3)CC2)cc1. The molecule has 6 heteroatoms. The Bertz CT molecular complexity index is 767. The summed E-state index contributed by atoms with van der Waals surface area (Å²) >= 11 is 0. The molecule has 25 heavy (non-hydrogen) atoms. The van der Waals surface area contributed by atoms with Gasteiger partial charge in [0.2, 0.25) is 5.91 Å². The quantitative estimate of drug-likeness (QED) is 0.929. The zero-order valence-corrected chi connectivity index (χ0v) is 13.8. The Morgan fingerprint density at radius 1 is 1.20 bits per heavy atom. The van der Waals surface area contributed by atoms with Gasteiger partial charge in [-0.15, -0.1) is 0 Å². The van der Waals surface area contributed by atoms with Gasteiger partial charge in [-0.3, -0.25) is 9.59 Å². The van der Waals surface area contributed by atoms with Gasteiger partial charge in [0.05, 0.1) is 18.8 Å². The smallest absolute Gasteiger partial charge is 0.289 e. The first-order chi connectivity index (χ1) is 12.2. The molecule has 1 aromatic carbocycles. The fourth-order valence-corrected chi connectivity index (χ4v) is 2.94. The van der Waals surface area contributed by atoms with E-state index in [9.17, 15) is 9.59 Å². The van der Waals surface area contributed by atoms with Crippen molar-refractivity contribution in [1.82, 2.24) is 4.90 Å². The Hall–Kier alpha value is -3.07. The third-order valence-electron chi connectivity index (χ3n) is 4.39. The number of nitriles is 1. The Labute approximate surface area is 146 Å². The number of piperidine rings is 1. The van der Waals surface area contributed by atoms with E-state index in [1.165, 1.54) is 6.26 Å². The van der Waals surface area contributed by atoms with E-state index in [0.29, 0.717) is 38.1 Å². The van der Waals surface area contributed by atoms with Crippen molar-refractivity contribution in [3.63, 3.8) is 0 Å². The number of rotatable bonds is 4. The minimum atomic E-state index is -0.128. The van der Waals surface area contributed by atoms with Crippen molar-refractivity contribution in [1.29, 1.82) is 5.26 Å². The zero-order valence-electron chi connectivity index (χ0n) is 13.8. The molecule has 1 fully saturated rings. The second-order valence-electron chi connectivity index (χ2n) is 6.06. The van der Waals surface area contributed by atoms with Crippen molar-refractivity contribution in [3.8, 4) is 6.07 Å². The van der Waals surface area contributed by atoms with Gasteiger partial charge >= 0.3 is 0 Å². The first-order valence-electron chi connectivity index (χ1n) is 8.27. The molecule has 0 aliphatic carbocycles. The van der Waals surface area contributed by atoms with E-state index >= 15 is 0 Å².